The largest absolute Gasteiger partial charge is 0.541 e. The zero-order valence-corrected chi connectivity index (χ0v) is 22.4. The van der Waals surface area contributed by atoms with Gasteiger partial charge in [0.2, 0.25) is 0 Å². The molecule has 35 heavy (non-hydrogen) atoms. The third-order valence-electron chi connectivity index (χ3n) is 7.48. The van der Waals surface area contributed by atoms with E-state index in [9.17, 15) is 0 Å². The van der Waals surface area contributed by atoms with Crippen molar-refractivity contribution < 1.29 is 4.43 Å². The van der Waals surface area contributed by atoms with Gasteiger partial charge in [-0.3, -0.25) is 4.98 Å². The van der Waals surface area contributed by atoms with Crippen LogP contribution in [0.5, 0.6) is 5.75 Å². The third-order valence-corrected chi connectivity index (χ3v) is 13.5. The van der Waals surface area contributed by atoms with Gasteiger partial charge in [0.1, 0.15) is 5.75 Å². The lowest BCUT2D eigenvalue weighted by molar-refractivity contribution is 0.482. The molecule has 0 saturated carbocycles. The van der Waals surface area contributed by atoms with E-state index in [1.165, 1.54) is 21.5 Å². The molecule has 0 spiro atoms. The molecule has 0 unspecified atom stereocenters. The molecule has 0 saturated heterocycles. The standard InChI is InChI=1S/C30H33N3OSi/c1-19(2)35(20(3)4,21(5)6)34-29-18-31-28-17-33-30(32-16-27(28)29)24-13-14-26-23(15-24)12-11-22-9-7-8-10-25(22)26/h7-21H,1-6H3. The molecule has 0 fully saturated rings. The van der Waals surface area contributed by atoms with E-state index in [0.29, 0.717) is 22.4 Å². The highest BCUT2D eigenvalue weighted by atomic mass is 28.4. The highest BCUT2D eigenvalue weighted by Gasteiger charge is 2.47. The summed E-state index contributed by atoms with van der Waals surface area (Å²) in [6.45, 7) is 13.8. The van der Waals surface area contributed by atoms with Gasteiger partial charge < -0.3 is 4.43 Å². The van der Waals surface area contributed by atoms with Crippen LogP contribution in [-0.4, -0.2) is 23.3 Å². The molecule has 2 heterocycles. The van der Waals surface area contributed by atoms with Crippen LogP contribution in [-0.2, 0) is 0 Å². The maximum atomic E-state index is 6.93. The minimum absolute atomic E-state index is 0.486. The summed E-state index contributed by atoms with van der Waals surface area (Å²) in [4.78, 5) is 14.1. The monoisotopic (exact) mass is 479 g/mol. The second-order valence-corrected chi connectivity index (χ2v) is 15.8. The highest BCUT2D eigenvalue weighted by Crippen LogP contribution is 2.45. The summed E-state index contributed by atoms with van der Waals surface area (Å²) < 4.78 is 6.93. The summed E-state index contributed by atoms with van der Waals surface area (Å²) in [5.41, 5.74) is 4.18. The van der Waals surface area contributed by atoms with E-state index in [1.54, 1.807) is 0 Å². The SMILES string of the molecule is CC(C)[Si](Oc1cnc2cnc(-c3ccc4c(ccc5ccccc54)c3)ncc1-2)(C(C)C)C(C)C. The minimum atomic E-state index is -2.09. The van der Waals surface area contributed by atoms with Crippen molar-refractivity contribution in [3.63, 3.8) is 0 Å². The molecule has 178 valence electrons. The normalized spacial score (nSPS) is 12.5. The van der Waals surface area contributed by atoms with E-state index in [4.69, 9.17) is 14.4 Å². The van der Waals surface area contributed by atoms with Gasteiger partial charge in [-0.2, -0.15) is 0 Å². The van der Waals surface area contributed by atoms with Crippen molar-refractivity contribution in [2.75, 3.05) is 0 Å². The minimum Gasteiger partial charge on any atom is -0.541 e. The molecule has 5 heteroatoms. The summed E-state index contributed by atoms with van der Waals surface area (Å²) >= 11 is 0. The molecular weight excluding hydrogens is 446 g/mol. The maximum absolute atomic E-state index is 6.93. The van der Waals surface area contributed by atoms with Gasteiger partial charge in [0.05, 0.1) is 23.7 Å². The molecule has 0 N–H and O–H groups in total. The van der Waals surface area contributed by atoms with Crippen LogP contribution in [0.25, 0.3) is 44.2 Å². The molecule has 5 rings (SSSR count). The maximum Gasteiger partial charge on any atom is 0.258 e. The zero-order chi connectivity index (χ0) is 24.7. The average Bonchev–Trinajstić information content (AvgIpc) is 3.09. The van der Waals surface area contributed by atoms with E-state index in [-0.39, 0.29) is 0 Å². The fourth-order valence-electron chi connectivity index (χ4n) is 5.83. The van der Waals surface area contributed by atoms with Crippen molar-refractivity contribution >= 4 is 29.9 Å². The van der Waals surface area contributed by atoms with Gasteiger partial charge in [-0.25, -0.2) is 9.97 Å². The summed E-state index contributed by atoms with van der Waals surface area (Å²) in [5.74, 6) is 1.52. The molecule has 0 amide bonds. The van der Waals surface area contributed by atoms with Gasteiger partial charge in [-0.05, 0) is 44.2 Å². The third kappa shape index (κ3) is 3.98. The van der Waals surface area contributed by atoms with E-state index < -0.39 is 8.32 Å². The number of nitrogens with zero attached hydrogens (tertiary/aromatic N) is 3. The first-order valence-electron chi connectivity index (χ1n) is 12.5. The van der Waals surface area contributed by atoms with Crippen molar-refractivity contribution in [2.24, 2.45) is 0 Å². The van der Waals surface area contributed by atoms with E-state index in [1.807, 2.05) is 18.6 Å². The Labute approximate surface area is 208 Å². The first kappa shape index (κ1) is 23.4. The summed E-state index contributed by atoms with van der Waals surface area (Å²) in [6, 6.07) is 19.3. The van der Waals surface area contributed by atoms with Crippen LogP contribution in [0, 0.1) is 0 Å². The molecular formula is C30H33N3OSi. The summed E-state index contributed by atoms with van der Waals surface area (Å²) in [7, 11) is -2.09. The molecule has 2 aliphatic rings. The van der Waals surface area contributed by atoms with Crippen molar-refractivity contribution in [3.05, 3.63) is 73.2 Å². The Balaban J connectivity index is 1.55. The van der Waals surface area contributed by atoms with Gasteiger partial charge in [0, 0.05) is 11.8 Å². The lowest BCUT2D eigenvalue weighted by atomic mass is 10.00. The number of hydrogen-bond acceptors (Lipinski definition) is 4. The van der Waals surface area contributed by atoms with Gasteiger partial charge in [0.25, 0.3) is 8.32 Å². The summed E-state index contributed by atoms with van der Waals surface area (Å²) in [5, 5.41) is 4.92. The quantitative estimate of drug-likeness (QED) is 0.181. The van der Waals surface area contributed by atoms with Gasteiger partial charge in [-0.1, -0.05) is 90.1 Å². The second kappa shape index (κ2) is 9.04. The van der Waals surface area contributed by atoms with Crippen LogP contribution < -0.4 is 4.43 Å². The number of aromatic nitrogens is 3. The Morgan fingerprint density at radius 3 is 2.06 bits per heavy atom. The number of benzene rings is 3. The Morgan fingerprint density at radius 1 is 0.657 bits per heavy atom. The Hall–Kier alpha value is -3.31. The first-order valence-corrected chi connectivity index (χ1v) is 14.7. The Bertz CT molecular complexity index is 1460. The van der Waals surface area contributed by atoms with E-state index in [2.05, 4.69) is 101 Å². The fourth-order valence-corrected chi connectivity index (χ4v) is 11.1. The van der Waals surface area contributed by atoms with E-state index in [0.717, 1.165) is 22.6 Å². The van der Waals surface area contributed by atoms with Crippen molar-refractivity contribution in [1.82, 2.24) is 15.0 Å². The Morgan fingerprint density at radius 2 is 1.31 bits per heavy atom. The lowest BCUT2D eigenvalue weighted by Gasteiger charge is -2.42. The molecule has 3 aromatic carbocycles. The molecule has 0 aromatic heterocycles. The van der Waals surface area contributed by atoms with Crippen molar-refractivity contribution in [1.29, 1.82) is 0 Å². The number of rotatable bonds is 6. The van der Waals surface area contributed by atoms with Crippen LogP contribution in [0.2, 0.25) is 16.6 Å². The van der Waals surface area contributed by atoms with Crippen molar-refractivity contribution in [3.8, 4) is 28.4 Å². The average molecular weight is 480 g/mol. The zero-order valence-electron chi connectivity index (χ0n) is 21.4. The molecule has 2 aliphatic heterocycles. The smallest absolute Gasteiger partial charge is 0.258 e. The van der Waals surface area contributed by atoms with Crippen LogP contribution >= 0.6 is 0 Å². The van der Waals surface area contributed by atoms with Gasteiger partial charge >= 0.3 is 0 Å². The first-order chi connectivity index (χ1) is 16.8. The van der Waals surface area contributed by atoms with E-state index >= 15 is 0 Å². The molecule has 4 nitrogen and oxygen atoms in total. The summed E-state index contributed by atoms with van der Waals surface area (Å²) in [6.07, 6.45) is 5.55. The topological polar surface area (TPSA) is 47.9 Å². The molecule has 0 aliphatic carbocycles. The van der Waals surface area contributed by atoms with Gasteiger partial charge in [0.15, 0.2) is 5.82 Å². The van der Waals surface area contributed by atoms with Crippen LogP contribution in [0.1, 0.15) is 41.5 Å². The predicted molar refractivity (Wildman–Crippen MR) is 149 cm³/mol. The molecule has 0 atom stereocenters. The van der Waals surface area contributed by atoms with Crippen molar-refractivity contribution in [2.45, 2.75) is 58.2 Å². The fraction of sp³-hybridized carbons (Fsp3) is 0.300. The lowest BCUT2D eigenvalue weighted by Crippen LogP contribution is -2.50. The number of fused-ring (bicyclic) bond motifs is 4. The molecule has 3 aromatic rings. The molecule has 0 bridgehead atoms. The Kier molecular flexibility index (Phi) is 6.05. The van der Waals surface area contributed by atoms with Crippen LogP contribution in [0.3, 0.4) is 0 Å². The van der Waals surface area contributed by atoms with Crippen LogP contribution in [0.4, 0.5) is 0 Å². The number of hydrogen-bond donors (Lipinski definition) is 0. The molecule has 0 radical (unpaired) electrons. The predicted octanol–water partition coefficient (Wildman–Crippen LogP) is 8.50. The highest BCUT2D eigenvalue weighted by molar-refractivity contribution is 6.78. The second-order valence-electron chi connectivity index (χ2n) is 10.4. The van der Waals surface area contributed by atoms with Gasteiger partial charge in [-0.15, -0.1) is 0 Å². The van der Waals surface area contributed by atoms with Crippen LogP contribution in [0.15, 0.2) is 73.2 Å².